The van der Waals surface area contributed by atoms with E-state index in [1.54, 1.807) is 17.5 Å². The van der Waals surface area contributed by atoms with Crippen molar-refractivity contribution in [1.82, 2.24) is 20.2 Å². The maximum atomic E-state index is 13.0. The number of benzene rings is 1. The van der Waals surface area contributed by atoms with Crippen LogP contribution in [0, 0.1) is 0 Å². The van der Waals surface area contributed by atoms with E-state index in [9.17, 15) is 9.59 Å². The van der Waals surface area contributed by atoms with Crippen molar-refractivity contribution in [3.8, 4) is 0 Å². The first kappa shape index (κ1) is 25.8. The first-order valence-corrected chi connectivity index (χ1v) is 14.7. The SMILES string of the molecule is O=C(NC1CCCN(c2ccnc(Nc3ccc(C(=O)N4CCOCC4)cc3)n2)C1)c1cc2c(s1)CCCC2. The van der Waals surface area contributed by atoms with Gasteiger partial charge in [-0.15, -0.1) is 11.3 Å². The molecule has 1 atom stereocenters. The van der Waals surface area contributed by atoms with Crippen LogP contribution in [0.4, 0.5) is 17.5 Å². The summed E-state index contributed by atoms with van der Waals surface area (Å²) in [5.41, 5.74) is 2.83. The summed E-state index contributed by atoms with van der Waals surface area (Å²) in [6, 6.07) is 11.5. The van der Waals surface area contributed by atoms with Gasteiger partial charge in [0.05, 0.1) is 18.1 Å². The van der Waals surface area contributed by atoms with Crippen LogP contribution in [-0.4, -0.2) is 72.1 Å². The number of nitrogens with one attached hydrogen (secondary N) is 2. The van der Waals surface area contributed by atoms with Crippen molar-refractivity contribution in [3.05, 3.63) is 63.5 Å². The van der Waals surface area contributed by atoms with Gasteiger partial charge in [-0.05, 0) is 80.5 Å². The number of nitrogens with zero attached hydrogens (tertiary/aromatic N) is 4. The topological polar surface area (TPSA) is 99.7 Å². The second kappa shape index (κ2) is 11.7. The van der Waals surface area contributed by atoms with Crippen LogP contribution >= 0.6 is 11.3 Å². The summed E-state index contributed by atoms with van der Waals surface area (Å²) in [6.07, 6.45) is 8.33. The maximum Gasteiger partial charge on any atom is 0.261 e. The number of hydrogen-bond acceptors (Lipinski definition) is 8. The number of piperidine rings is 1. The number of aromatic nitrogens is 2. The van der Waals surface area contributed by atoms with Gasteiger partial charge in [-0.25, -0.2) is 4.98 Å². The third kappa shape index (κ3) is 6.07. The first-order chi connectivity index (χ1) is 19.1. The Hall–Kier alpha value is -3.50. The maximum absolute atomic E-state index is 13.0. The Kier molecular flexibility index (Phi) is 7.74. The number of carbonyl (C=O) groups is 2. The number of ether oxygens (including phenoxy) is 1. The fourth-order valence-electron chi connectivity index (χ4n) is 5.52. The van der Waals surface area contributed by atoms with Crippen molar-refractivity contribution < 1.29 is 14.3 Å². The Bertz CT molecular complexity index is 1300. The second-order valence-electron chi connectivity index (χ2n) is 10.4. The Morgan fingerprint density at radius 3 is 2.64 bits per heavy atom. The quantitative estimate of drug-likeness (QED) is 0.482. The van der Waals surface area contributed by atoms with E-state index in [0.717, 1.165) is 48.6 Å². The lowest BCUT2D eigenvalue weighted by molar-refractivity contribution is 0.0303. The first-order valence-electron chi connectivity index (χ1n) is 13.9. The minimum absolute atomic E-state index is 0.0218. The minimum atomic E-state index is 0.0218. The van der Waals surface area contributed by atoms with Gasteiger partial charge in [0.1, 0.15) is 5.82 Å². The molecule has 2 aromatic heterocycles. The highest BCUT2D eigenvalue weighted by Crippen LogP contribution is 2.30. The summed E-state index contributed by atoms with van der Waals surface area (Å²) in [5.74, 6) is 1.39. The van der Waals surface area contributed by atoms with Gasteiger partial charge in [-0.1, -0.05) is 0 Å². The Morgan fingerprint density at radius 2 is 1.82 bits per heavy atom. The lowest BCUT2D eigenvalue weighted by Crippen LogP contribution is -2.48. The predicted molar refractivity (Wildman–Crippen MR) is 152 cm³/mol. The van der Waals surface area contributed by atoms with Gasteiger partial charge in [0.15, 0.2) is 0 Å². The highest BCUT2D eigenvalue weighted by atomic mass is 32.1. The average Bonchev–Trinajstić information content (AvgIpc) is 3.43. The molecule has 2 aliphatic heterocycles. The van der Waals surface area contributed by atoms with E-state index in [1.807, 2.05) is 35.2 Å². The fourth-order valence-corrected chi connectivity index (χ4v) is 6.68. The normalized spacial score (nSPS) is 19.3. The molecule has 0 radical (unpaired) electrons. The molecule has 1 aromatic carbocycles. The van der Waals surface area contributed by atoms with Crippen LogP contribution in [0.15, 0.2) is 42.6 Å². The molecule has 1 unspecified atom stereocenters. The largest absolute Gasteiger partial charge is 0.378 e. The lowest BCUT2D eigenvalue weighted by Gasteiger charge is -2.34. The molecule has 6 rings (SSSR count). The number of anilines is 3. The standard InChI is InChI=1S/C29H34N6O3S/c36-27(25-18-21-4-1-2-6-24(21)39-25)31-23-5-3-13-35(19-23)26-11-12-30-29(33-26)32-22-9-7-20(8-10-22)28(37)34-14-16-38-17-15-34/h7-12,18,23H,1-6,13-17,19H2,(H,31,36)(H,30,32,33). The summed E-state index contributed by atoms with van der Waals surface area (Å²) in [6.45, 7) is 4.01. The van der Waals surface area contributed by atoms with Crippen molar-refractivity contribution in [2.24, 2.45) is 0 Å². The van der Waals surface area contributed by atoms with Crippen molar-refractivity contribution in [2.45, 2.75) is 44.6 Å². The third-order valence-corrected chi connectivity index (χ3v) is 8.86. The fraction of sp³-hybridized carbons (Fsp3) is 0.448. The van der Waals surface area contributed by atoms with Gasteiger partial charge in [0.25, 0.3) is 11.8 Å². The van der Waals surface area contributed by atoms with E-state index in [1.165, 1.54) is 23.3 Å². The van der Waals surface area contributed by atoms with Crippen LogP contribution < -0.4 is 15.5 Å². The zero-order valence-corrected chi connectivity index (χ0v) is 22.8. The van der Waals surface area contributed by atoms with Crippen LogP contribution in [0.3, 0.4) is 0 Å². The Balaban J connectivity index is 1.06. The van der Waals surface area contributed by atoms with Gasteiger partial charge in [0.2, 0.25) is 5.95 Å². The van der Waals surface area contributed by atoms with Crippen LogP contribution in [0.1, 0.15) is 56.2 Å². The highest BCUT2D eigenvalue weighted by molar-refractivity contribution is 7.14. The number of rotatable bonds is 6. The average molecular weight is 547 g/mol. The van der Waals surface area contributed by atoms with Gasteiger partial charge < -0.3 is 25.2 Å². The highest BCUT2D eigenvalue weighted by Gasteiger charge is 2.25. The smallest absolute Gasteiger partial charge is 0.261 e. The van der Waals surface area contributed by atoms with Gasteiger partial charge in [-0.3, -0.25) is 9.59 Å². The van der Waals surface area contributed by atoms with E-state index in [0.29, 0.717) is 44.4 Å². The van der Waals surface area contributed by atoms with E-state index in [2.05, 4.69) is 26.6 Å². The molecule has 0 saturated carbocycles. The Labute approximate surface area is 232 Å². The summed E-state index contributed by atoms with van der Waals surface area (Å²) < 4.78 is 5.34. The van der Waals surface area contributed by atoms with Crippen molar-refractivity contribution >= 4 is 40.6 Å². The van der Waals surface area contributed by atoms with E-state index in [-0.39, 0.29) is 17.9 Å². The molecule has 2 amide bonds. The number of thiophene rings is 1. The molecule has 2 saturated heterocycles. The number of amides is 2. The summed E-state index contributed by atoms with van der Waals surface area (Å²) in [4.78, 5) is 41.1. The Morgan fingerprint density at radius 1 is 1.00 bits per heavy atom. The van der Waals surface area contributed by atoms with E-state index >= 15 is 0 Å². The third-order valence-electron chi connectivity index (χ3n) is 7.63. The minimum Gasteiger partial charge on any atom is -0.378 e. The zero-order valence-electron chi connectivity index (χ0n) is 22.0. The lowest BCUT2D eigenvalue weighted by atomic mass is 9.99. The molecule has 2 fully saturated rings. The monoisotopic (exact) mass is 546 g/mol. The molecule has 9 nitrogen and oxygen atoms in total. The van der Waals surface area contributed by atoms with Crippen LogP contribution in [-0.2, 0) is 17.6 Å². The predicted octanol–water partition coefficient (Wildman–Crippen LogP) is 4.03. The van der Waals surface area contributed by atoms with Crippen molar-refractivity contribution in [2.75, 3.05) is 49.6 Å². The van der Waals surface area contributed by atoms with Crippen LogP contribution in [0.25, 0.3) is 0 Å². The molecule has 4 heterocycles. The summed E-state index contributed by atoms with van der Waals surface area (Å²) >= 11 is 1.66. The number of morpholine rings is 1. The summed E-state index contributed by atoms with van der Waals surface area (Å²) in [5, 5.41) is 6.52. The number of fused-ring (bicyclic) bond motifs is 1. The molecule has 3 aromatic rings. The number of aryl methyl sites for hydroxylation is 2. The molecule has 0 spiro atoms. The zero-order chi connectivity index (χ0) is 26.6. The summed E-state index contributed by atoms with van der Waals surface area (Å²) in [7, 11) is 0. The molecule has 3 aliphatic rings. The molecular weight excluding hydrogens is 512 g/mol. The van der Waals surface area contributed by atoms with E-state index in [4.69, 9.17) is 9.72 Å². The van der Waals surface area contributed by atoms with Crippen molar-refractivity contribution in [3.63, 3.8) is 0 Å². The number of hydrogen-bond donors (Lipinski definition) is 2. The number of carbonyl (C=O) groups excluding carboxylic acids is 2. The van der Waals surface area contributed by atoms with Gasteiger partial charge in [-0.2, -0.15) is 4.98 Å². The van der Waals surface area contributed by atoms with Crippen molar-refractivity contribution in [1.29, 1.82) is 0 Å². The van der Waals surface area contributed by atoms with Crippen LogP contribution in [0.2, 0.25) is 0 Å². The van der Waals surface area contributed by atoms with Crippen LogP contribution in [0.5, 0.6) is 0 Å². The van der Waals surface area contributed by atoms with Gasteiger partial charge in [0, 0.05) is 54.5 Å². The molecule has 2 N–H and O–H groups in total. The molecule has 0 bridgehead atoms. The molecule has 10 heteroatoms. The molecule has 39 heavy (non-hydrogen) atoms. The van der Waals surface area contributed by atoms with Gasteiger partial charge >= 0.3 is 0 Å². The molecule has 1 aliphatic carbocycles. The molecule has 204 valence electrons. The molecular formula is C29H34N6O3S. The second-order valence-corrected chi connectivity index (χ2v) is 11.5. The van der Waals surface area contributed by atoms with E-state index < -0.39 is 0 Å².